The Hall–Kier alpha value is -1.91. The van der Waals surface area contributed by atoms with Crippen LogP contribution in [0.5, 0.6) is 11.5 Å². The van der Waals surface area contributed by atoms with Crippen molar-refractivity contribution in [2.75, 3.05) is 26.1 Å². The molecule has 0 fully saturated rings. The minimum Gasteiger partial charge on any atom is -0.497 e. The molecular weight excluding hydrogens is 246 g/mol. The van der Waals surface area contributed by atoms with Crippen LogP contribution in [-0.2, 0) is 9.53 Å². The first kappa shape index (κ1) is 15.1. The monoisotopic (exact) mass is 267 g/mol. The molecular formula is C14H21NO4. The second kappa shape index (κ2) is 6.31. The lowest BCUT2D eigenvalue weighted by Crippen LogP contribution is -2.41. The summed E-state index contributed by atoms with van der Waals surface area (Å²) in [5, 5.41) is 3.12. The van der Waals surface area contributed by atoms with Gasteiger partial charge in [0.25, 0.3) is 0 Å². The Kier molecular flexibility index (Phi) is 5.03. The second-order valence-electron chi connectivity index (χ2n) is 4.54. The zero-order chi connectivity index (χ0) is 14.5. The minimum atomic E-state index is -0.835. The van der Waals surface area contributed by atoms with Crippen LogP contribution in [0.4, 0.5) is 5.69 Å². The molecule has 0 bridgehead atoms. The lowest BCUT2D eigenvalue weighted by Gasteiger charge is -2.26. The van der Waals surface area contributed by atoms with Crippen molar-refractivity contribution < 1.29 is 19.0 Å². The maximum Gasteiger partial charge on any atom is 0.331 e. The average molecular weight is 267 g/mol. The number of methoxy groups -OCH3 is 2. The van der Waals surface area contributed by atoms with Crippen molar-refractivity contribution in [1.82, 2.24) is 0 Å². The molecule has 1 aromatic rings. The number of hydrogen-bond acceptors (Lipinski definition) is 5. The van der Waals surface area contributed by atoms with Gasteiger partial charge in [-0.2, -0.15) is 0 Å². The zero-order valence-electron chi connectivity index (χ0n) is 12.1. The van der Waals surface area contributed by atoms with E-state index in [9.17, 15) is 4.79 Å². The van der Waals surface area contributed by atoms with Crippen LogP contribution in [0.3, 0.4) is 0 Å². The van der Waals surface area contributed by atoms with Gasteiger partial charge < -0.3 is 19.5 Å². The molecule has 1 N–H and O–H groups in total. The molecule has 0 amide bonds. The van der Waals surface area contributed by atoms with Gasteiger partial charge in [0.2, 0.25) is 0 Å². The van der Waals surface area contributed by atoms with Crippen molar-refractivity contribution in [2.24, 2.45) is 0 Å². The number of ether oxygens (including phenoxy) is 3. The second-order valence-corrected chi connectivity index (χ2v) is 4.54. The SMILES string of the molecule is CCOC(=O)C(C)(C)Nc1ccc(OC)cc1OC. The van der Waals surface area contributed by atoms with E-state index in [1.54, 1.807) is 53.2 Å². The number of carbonyl (C=O) groups excluding carboxylic acids is 1. The summed E-state index contributed by atoms with van der Waals surface area (Å²) in [5.41, 5.74) is -0.126. The molecule has 19 heavy (non-hydrogen) atoms. The topological polar surface area (TPSA) is 56.8 Å². The summed E-state index contributed by atoms with van der Waals surface area (Å²) < 4.78 is 15.4. The van der Waals surface area contributed by atoms with Gasteiger partial charge in [-0.05, 0) is 32.9 Å². The number of hydrogen-bond donors (Lipinski definition) is 1. The van der Waals surface area contributed by atoms with Crippen LogP contribution < -0.4 is 14.8 Å². The molecule has 0 heterocycles. The largest absolute Gasteiger partial charge is 0.497 e. The van der Waals surface area contributed by atoms with Crippen LogP contribution >= 0.6 is 0 Å². The first-order chi connectivity index (χ1) is 8.94. The van der Waals surface area contributed by atoms with Crippen molar-refractivity contribution >= 4 is 11.7 Å². The summed E-state index contributed by atoms with van der Waals surface area (Å²) >= 11 is 0. The maximum absolute atomic E-state index is 11.8. The average Bonchev–Trinajstić information content (AvgIpc) is 2.39. The third-order valence-electron chi connectivity index (χ3n) is 2.64. The number of rotatable bonds is 6. The summed E-state index contributed by atoms with van der Waals surface area (Å²) in [6.45, 7) is 5.65. The van der Waals surface area contributed by atoms with Gasteiger partial charge in [0.15, 0.2) is 0 Å². The number of anilines is 1. The van der Waals surface area contributed by atoms with Crippen molar-refractivity contribution in [2.45, 2.75) is 26.3 Å². The third-order valence-corrected chi connectivity index (χ3v) is 2.64. The fourth-order valence-corrected chi connectivity index (χ4v) is 1.60. The Labute approximate surface area is 113 Å². The molecule has 0 spiro atoms. The van der Waals surface area contributed by atoms with Crippen molar-refractivity contribution in [3.05, 3.63) is 18.2 Å². The highest BCUT2D eigenvalue weighted by Gasteiger charge is 2.29. The molecule has 0 saturated carbocycles. The third kappa shape index (κ3) is 3.77. The van der Waals surface area contributed by atoms with Gasteiger partial charge >= 0.3 is 5.97 Å². The van der Waals surface area contributed by atoms with Crippen LogP contribution in [0.25, 0.3) is 0 Å². The van der Waals surface area contributed by atoms with E-state index in [1.165, 1.54) is 0 Å². The van der Waals surface area contributed by atoms with Crippen LogP contribution in [0, 0.1) is 0 Å². The molecule has 1 rings (SSSR count). The van der Waals surface area contributed by atoms with E-state index in [-0.39, 0.29) is 5.97 Å². The van der Waals surface area contributed by atoms with E-state index in [4.69, 9.17) is 14.2 Å². The number of nitrogens with one attached hydrogen (secondary N) is 1. The molecule has 0 atom stereocenters. The predicted octanol–water partition coefficient (Wildman–Crippen LogP) is 2.46. The molecule has 1 aromatic carbocycles. The Morgan fingerprint density at radius 1 is 1.26 bits per heavy atom. The molecule has 0 aliphatic rings. The van der Waals surface area contributed by atoms with Crippen LogP contribution in [0.1, 0.15) is 20.8 Å². The van der Waals surface area contributed by atoms with E-state index >= 15 is 0 Å². The molecule has 0 aromatic heterocycles. The molecule has 0 radical (unpaired) electrons. The van der Waals surface area contributed by atoms with E-state index in [1.807, 2.05) is 0 Å². The first-order valence-electron chi connectivity index (χ1n) is 6.12. The van der Waals surface area contributed by atoms with Gasteiger partial charge in [-0.25, -0.2) is 4.79 Å². The van der Waals surface area contributed by atoms with E-state index in [0.717, 1.165) is 0 Å². The summed E-state index contributed by atoms with van der Waals surface area (Å²) in [5.74, 6) is 0.987. The van der Waals surface area contributed by atoms with Gasteiger partial charge in [-0.1, -0.05) is 0 Å². The maximum atomic E-state index is 11.8. The van der Waals surface area contributed by atoms with Crippen molar-refractivity contribution in [1.29, 1.82) is 0 Å². The van der Waals surface area contributed by atoms with Crippen LogP contribution in [0.2, 0.25) is 0 Å². The number of esters is 1. The van der Waals surface area contributed by atoms with Gasteiger partial charge in [-0.3, -0.25) is 0 Å². The lowest BCUT2D eigenvalue weighted by molar-refractivity contribution is -0.147. The van der Waals surface area contributed by atoms with Crippen molar-refractivity contribution in [3.8, 4) is 11.5 Å². The van der Waals surface area contributed by atoms with Gasteiger partial charge in [-0.15, -0.1) is 0 Å². The highest BCUT2D eigenvalue weighted by Crippen LogP contribution is 2.31. The van der Waals surface area contributed by atoms with Gasteiger partial charge in [0, 0.05) is 6.07 Å². The number of carbonyl (C=O) groups is 1. The molecule has 5 nitrogen and oxygen atoms in total. The van der Waals surface area contributed by atoms with E-state index in [2.05, 4.69) is 5.32 Å². The molecule has 0 unspecified atom stereocenters. The Morgan fingerprint density at radius 3 is 2.47 bits per heavy atom. The normalized spacial score (nSPS) is 10.8. The molecule has 0 saturated heterocycles. The highest BCUT2D eigenvalue weighted by molar-refractivity contribution is 5.84. The van der Waals surface area contributed by atoms with Crippen LogP contribution in [0.15, 0.2) is 18.2 Å². The number of benzene rings is 1. The van der Waals surface area contributed by atoms with Crippen molar-refractivity contribution in [3.63, 3.8) is 0 Å². The summed E-state index contributed by atoms with van der Waals surface area (Å²) in [6.07, 6.45) is 0. The molecule has 5 heteroatoms. The summed E-state index contributed by atoms with van der Waals surface area (Å²) in [4.78, 5) is 11.8. The predicted molar refractivity (Wildman–Crippen MR) is 73.9 cm³/mol. The Balaban J connectivity index is 2.95. The molecule has 106 valence electrons. The molecule has 0 aliphatic carbocycles. The standard InChI is InChI=1S/C14H21NO4/c1-6-19-13(16)14(2,3)15-11-8-7-10(17-4)9-12(11)18-5/h7-9,15H,6H2,1-5H3. The summed E-state index contributed by atoms with van der Waals surface area (Å²) in [7, 11) is 3.15. The summed E-state index contributed by atoms with van der Waals surface area (Å²) in [6, 6.07) is 5.36. The molecule has 0 aliphatic heterocycles. The van der Waals surface area contributed by atoms with Crippen LogP contribution in [-0.4, -0.2) is 32.3 Å². The van der Waals surface area contributed by atoms with Gasteiger partial charge in [0.1, 0.15) is 17.0 Å². The van der Waals surface area contributed by atoms with E-state index in [0.29, 0.717) is 23.8 Å². The highest BCUT2D eigenvalue weighted by atomic mass is 16.5. The lowest BCUT2D eigenvalue weighted by atomic mass is 10.1. The van der Waals surface area contributed by atoms with E-state index < -0.39 is 5.54 Å². The quantitative estimate of drug-likeness (QED) is 0.802. The zero-order valence-corrected chi connectivity index (χ0v) is 12.1. The first-order valence-corrected chi connectivity index (χ1v) is 6.12. The Morgan fingerprint density at radius 2 is 1.95 bits per heavy atom. The Bertz CT molecular complexity index is 443. The smallest absolute Gasteiger partial charge is 0.331 e. The minimum absolute atomic E-state index is 0.312. The fraction of sp³-hybridized carbons (Fsp3) is 0.500. The van der Waals surface area contributed by atoms with Gasteiger partial charge in [0.05, 0.1) is 26.5 Å². The fourth-order valence-electron chi connectivity index (χ4n) is 1.60.